The first-order valence-corrected chi connectivity index (χ1v) is 9.67. The van der Waals surface area contributed by atoms with Gasteiger partial charge in [-0.15, -0.1) is 0 Å². The van der Waals surface area contributed by atoms with Crippen molar-refractivity contribution in [2.24, 2.45) is 0 Å². The second-order valence-electron chi connectivity index (χ2n) is 6.20. The van der Waals surface area contributed by atoms with E-state index in [2.05, 4.69) is 10.0 Å². The minimum Gasteiger partial charge on any atom is -0.350 e. The van der Waals surface area contributed by atoms with Crippen LogP contribution in [0.3, 0.4) is 0 Å². The van der Waals surface area contributed by atoms with Gasteiger partial charge in [-0.3, -0.25) is 9.52 Å². The first-order chi connectivity index (χ1) is 11.6. The third-order valence-electron chi connectivity index (χ3n) is 3.53. The lowest BCUT2D eigenvalue weighted by Gasteiger charge is -2.14. The molecule has 0 saturated heterocycles. The van der Waals surface area contributed by atoms with Crippen molar-refractivity contribution >= 4 is 33.2 Å². The highest BCUT2D eigenvalue weighted by Gasteiger charge is 2.19. The average Bonchev–Trinajstić information content (AvgIpc) is 2.50. The van der Waals surface area contributed by atoms with Gasteiger partial charge >= 0.3 is 0 Å². The van der Waals surface area contributed by atoms with E-state index in [1.807, 2.05) is 26.8 Å². The summed E-state index contributed by atoms with van der Waals surface area (Å²) in [5.41, 5.74) is 1.96. The van der Waals surface area contributed by atoms with Crippen LogP contribution >= 0.6 is 11.6 Å². The Morgan fingerprint density at radius 1 is 1.08 bits per heavy atom. The molecule has 7 heteroatoms. The number of nitrogens with one attached hydrogen (secondary N) is 2. The molecule has 0 unspecified atom stereocenters. The molecule has 0 heterocycles. The van der Waals surface area contributed by atoms with Gasteiger partial charge in [0.2, 0.25) is 0 Å². The maximum Gasteiger partial charge on any atom is 0.262 e. The van der Waals surface area contributed by atoms with Crippen LogP contribution in [0.4, 0.5) is 5.69 Å². The van der Waals surface area contributed by atoms with Gasteiger partial charge in [0.15, 0.2) is 0 Å². The SMILES string of the molecule is Cc1ccc(C)c(S(=O)(=O)Nc2cc(C(=O)NC(C)C)ccc2Cl)c1. The molecule has 2 aromatic carbocycles. The van der Waals surface area contributed by atoms with E-state index in [-0.39, 0.29) is 27.6 Å². The van der Waals surface area contributed by atoms with E-state index < -0.39 is 10.0 Å². The fraction of sp³-hybridized carbons (Fsp3) is 0.278. The Balaban J connectivity index is 2.39. The summed E-state index contributed by atoms with van der Waals surface area (Å²) < 4.78 is 27.9. The van der Waals surface area contributed by atoms with Crippen LogP contribution in [-0.4, -0.2) is 20.4 Å². The number of rotatable bonds is 5. The Hall–Kier alpha value is -2.05. The molecule has 134 valence electrons. The van der Waals surface area contributed by atoms with Crippen molar-refractivity contribution in [1.82, 2.24) is 5.32 Å². The zero-order valence-electron chi connectivity index (χ0n) is 14.6. The Morgan fingerprint density at radius 3 is 2.40 bits per heavy atom. The molecule has 25 heavy (non-hydrogen) atoms. The summed E-state index contributed by atoms with van der Waals surface area (Å²) in [4.78, 5) is 12.3. The highest BCUT2D eigenvalue weighted by atomic mass is 35.5. The van der Waals surface area contributed by atoms with Crippen LogP contribution in [0.2, 0.25) is 5.02 Å². The first kappa shape index (κ1) is 19.3. The van der Waals surface area contributed by atoms with Crippen LogP contribution in [-0.2, 0) is 10.0 Å². The quantitative estimate of drug-likeness (QED) is 0.826. The van der Waals surface area contributed by atoms with E-state index in [0.717, 1.165) is 5.56 Å². The predicted molar refractivity (Wildman–Crippen MR) is 101 cm³/mol. The molecule has 0 radical (unpaired) electrons. The molecule has 2 rings (SSSR count). The Labute approximate surface area is 153 Å². The van der Waals surface area contributed by atoms with Gasteiger partial charge in [0.1, 0.15) is 0 Å². The van der Waals surface area contributed by atoms with Gasteiger partial charge in [0.05, 0.1) is 15.6 Å². The Morgan fingerprint density at radius 2 is 1.76 bits per heavy atom. The number of aryl methyl sites for hydroxylation is 2. The summed E-state index contributed by atoms with van der Waals surface area (Å²) in [6.07, 6.45) is 0. The molecule has 5 nitrogen and oxygen atoms in total. The van der Waals surface area contributed by atoms with Crippen LogP contribution in [0.1, 0.15) is 35.3 Å². The molecule has 0 spiro atoms. The standard InChI is InChI=1S/C18H21ClN2O3S/c1-11(2)20-18(22)14-7-8-15(19)16(10-14)21-25(23,24)17-9-12(3)5-6-13(17)4/h5-11,21H,1-4H3,(H,20,22). The molecule has 0 bridgehead atoms. The van der Waals surface area contributed by atoms with Crippen LogP contribution < -0.4 is 10.0 Å². The lowest BCUT2D eigenvalue weighted by Crippen LogP contribution is -2.30. The number of sulfonamides is 1. The molecule has 2 aromatic rings. The number of anilines is 1. The van der Waals surface area contributed by atoms with Gasteiger partial charge in [-0.1, -0.05) is 23.7 Å². The van der Waals surface area contributed by atoms with Gasteiger partial charge in [0, 0.05) is 11.6 Å². The maximum absolute atomic E-state index is 12.7. The summed E-state index contributed by atoms with van der Waals surface area (Å²) in [7, 11) is -3.82. The van der Waals surface area contributed by atoms with Crippen molar-refractivity contribution in [2.45, 2.75) is 38.6 Å². The summed E-state index contributed by atoms with van der Waals surface area (Å²) in [5, 5.41) is 2.98. The topological polar surface area (TPSA) is 75.3 Å². The van der Waals surface area contributed by atoms with Crippen LogP contribution in [0.15, 0.2) is 41.3 Å². The number of hydrogen-bond donors (Lipinski definition) is 2. The van der Waals surface area contributed by atoms with E-state index in [4.69, 9.17) is 11.6 Å². The summed E-state index contributed by atoms with van der Waals surface area (Å²) in [5.74, 6) is -0.293. The second kappa shape index (κ2) is 7.45. The first-order valence-electron chi connectivity index (χ1n) is 7.80. The van der Waals surface area contributed by atoms with Crippen molar-refractivity contribution in [3.63, 3.8) is 0 Å². The van der Waals surface area contributed by atoms with Crippen molar-refractivity contribution in [2.75, 3.05) is 4.72 Å². The highest BCUT2D eigenvalue weighted by molar-refractivity contribution is 7.92. The molecule has 0 aliphatic heterocycles. The molecule has 0 saturated carbocycles. The number of benzene rings is 2. The number of amides is 1. The van der Waals surface area contributed by atoms with Gasteiger partial charge in [-0.05, 0) is 63.1 Å². The van der Waals surface area contributed by atoms with Crippen molar-refractivity contribution < 1.29 is 13.2 Å². The van der Waals surface area contributed by atoms with Crippen molar-refractivity contribution in [3.05, 3.63) is 58.1 Å². The van der Waals surface area contributed by atoms with Crippen LogP contribution in [0, 0.1) is 13.8 Å². The minimum absolute atomic E-state index is 0.0294. The zero-order chi connectivity index (χ0) is 18.8. The van der Waals surface area contributed by atoms with Crippen LogP contribution in [0.25, 0.3) is 0 Å². The predicted octanol–water partition coefficient (Wildman–Crippen LogP) is 3.90. The number of carbonyl (C=O) groups is 1. The fourth-order valence-corrected chi connectivity index (χ4v) is 3.91. The lowest BCUT2D eigenvalue weighted by molar-refractivity contribution is 0.0943. The Kier molecular flexibility index (Phi) is 5.75. The maximum atomic E-state index is 12.7. The third kappa shape index (κ3) is 4.74. The molecular formula is C18H21ClN2O3S. The molecular weight excluding hydrogens is 360 g/mol. The molecule has 0 aliphatic rings. The zero-order valence-corrected chi connectivity index (χ0v) is 16.1. The smallest absolute Gasteiger partial charge is 0.262 e. The summed E-state index contributed by atoms with van der Waals surface area (Å²) in [6.45, 7) is 7.24. The van der Waals surface area contributed by atoms with E-state index in [0.29, 0.717) is 11.1 Å². The van der Waals surface area contributed by atoms with Crippen molar-refractivity contribution in [1.29, 1.82) is 0 Å². The fourth-order valence-electron chi connectivity index (χ4n) is 2.29. The molecule has 0 aromatic heterocycles. The molecule has 0 fully saturated rings. The molecule has 2 N–H and O–H groups in total. The molecule has 0 aliphatic carbocycles. The van der Waals surface area contributed by atoms with Gasteiger partial charge in [-0.2, -0.15) is 0 Å². The van der Waals surface area contributed by atoms with E-state index in [1.54, 1.807) is 25.1 Å². The highest BCUT2D eigenvalue weighted by Crippen LogP contribution is 2.27. The van der Waals surface area contributed by atoms with Gasteiger partial charge < -0.3 is 5.32 Å². The largest absolute Gasteiger partial charge is 0.350 e. The summed E-state index contributed by atoms with van der Waals surface area (Å²) in [6, 6.07) is 9.64. The lowest BCUT2D eigenvalue weighted by atomic mass is 10.2. The van der Waals surface area contributed by atoms with Crippen molar-refractivity contribution in [3.8, 4) is 0 Å². The number of carbonyl (C=O) groups excluding carboxylic acids is 1. The monoisotopic (exact) mass is 380 g/mol. The number of halogens is 1. The minimum atomic E-state index is -3.82. The van der Waals surface area contributed by atoms with E-state index in [9.17, 15) is 13.2 Å². The van der Waals surface area contributed by atoms with Gasteiger partial charge in [0.25, 0.3) is 15.9 Å². The van der Waals surface area contributed by atoms with Gasteiger partial charge in [-0.25, -0.2) is 8.42 Å². The second-order valence-corrected chi connectivity index (χ2v) is 8.26. The molecule has 1 amide bonds. The third-order valence-corrected chi connectivity index (χ3v) is 5.36. The average molecular weight is 381 g/mol. The Bertz CT molecular complexity index is 909. The van der Waals surface area contributed by atoms with E-state index >= 15 is 0 Å². The van der Waals surface area contributed by atoms with E-state index in [1.165, 1.54) is 12.1 Å². The normalized spacial score (nSPS) is 11.4. The van der Waals surface area contributed by atoms with Crippen LogP contribution in [0.5, 0.6) is 0 Å². The molecule has 0 atom stereocenters. The summed E-state index contributed by atoms with van der Waals surface area (Å²) >= 11 is 6.11. The number of hydrogen-bond acceptors (Lipinski definition) is 3.